The van der Waals surface area contributed by atoms with E-state index in [-0.39, 0.29) is 19.6 Å². The fraction of sp³-hybridized carbons (Fsp3) is 0.429. The van der Waals surface area contributed by atoms with E-state index in [4.69, 9.17) is 9.84 Å². The van der Waals surface area contributed by atoms with Gasteiger partial charge in [0.25, 0.3) is 5.92 Å². The predicted octanol–water partition coefficient (Wildman–Crippen LogP) is 2.37. The van der Waals surface area contributed by atoms with E-state index in [0.717, 1.165) is 10.5 Å². The summed E-state index contributed by atoms with van der Waals surface area (Å²) >= 11 is 0. The van der Waals surface area contributed by atoms with Gasteiger partial charge in [0.05, 0.1) is 6.54 Å². The number of carboxylic acids is 1. The summed E-state index contributed by atoms with van der Waals surface area (Å²) in [5, 5.41) is 8.74. The summed E-state index contributed by atoms with van der Waals surface area (Å²) in [5.41, 5.74) is 0.748. The molecule has 0 radical (unpaired) electrons. The van der Waals surface area contributed by atoms with Gasteiger partial charge < -0.3 is 14.7 Å². The maximum atomic E-state index is 13.7. The molecule has 0 aliphatic carbocycles. The van der Waals surface area contributed by atoms with Crippen LogP contribution in [0.3, 0.4) is 0 Å². The van der Waals surface area contributed by atoms with Gasteiger partial charge in [-0.15, -0.1) is 0 Å². The smallest absolute Gasteiger partial charge is 0.410 e. The molecule has 0 aromatic heterocycles. The fourth-order valence-corrected chi connectivity index (χ4v) is 2.21. The van der Waals surface area contributed by atoms with Crippen molar-refractivity contribution in [1.82, 2.24) is 4.90 Å². The number of rotatable bonds is 3. The minimum Gasteiger partial charge on any atom is -0.481 e. The first-order valence-corrected chi connectivity index (χ1v) is 6.46. The van der Waals surface area contributed by atoms with E-state index in [1.165, 1.54) is 0 Å². The number of carboxylic acid groups (broad SMARTS) is 1. The highest BCUT2D eigenvalue weighted by atomic mass is 19.3. The summed E-state index contributed by atoms with van der Waals surface area (Å²) in [5.74, 6) is -6.75. The van der Waals surface area contributed by atoms with Crippen LogP contribution in [0.1, 0.15) is 12.0 Å². The van der Waals surface area contributed by atoms with Crippen molar-refractivity contribution in [3.63, 3.8) is 0 Å². The molecule has 2 rings (SSSR count). The second-order valence-corrected chi connectivity index (χ2v) is 4.90. The number of likely N-dealkylation sites (tertiary alicyclic amines) is 1. The predicted molar refractivity (Wildman–Crippen MR) is 68.9 cm³/mol. The van der Waals surface area contributed by atoms with Crippen molar-refractivity contribution in [2.75, 3.05) is 13.1 Å². The molecule has 1 N–H and O–H groups in total. The highest BCUT2D eigenvalue weighted by Crippen LogP contribution is 2.33. The van der Waals surface area contributed by atoms with E-state index in [1.54, 1.807) is 24.3 Å². The van der Waals surface area contributed by atoms with Crippen LogP contribution >= 0.6 is 0 Å². The lowest BCUT2D eigenvalue weighted by Gasteiger charge is -2.35. The minimum absolute atomic E-state index is 0.00982. The number of ether oxygens (including phenoxy) is 1. The third kappa shape index (κ3) is 3.68. The highest BCUT2D eigenvalue weighted by Gasteiger charge is 2.50. The molecule has 21 heavy (non-hydrogen) atoms. The first kappa shape index (κ1) is 15.2. The van der Waals surface area contributed by atoms with Gasteiger partial charge in [-0.1, -0.05) is 30.3 Å². The molecule has 5 nitrogen and oxygen atoms in total. The quantitative estimate of drug-likeness (QED) is 0.930. The molecule has 1 aromatic rings. The molecule has 0 bridgehead atoms. The topological polar surface area (TPSA) is 66.8 Å². The number of hydrogen-bond donors (Lipinski definition) is 1. The summed E-state index contributed by atoms with van der Waals surface area (Å²) in [6.07, 6.45) is -1.15. The number of alkyl halides is 2. The Hall–Kier alpha value is -2.18. The Morgan fingerprint density at radius 3 is 2.57 bits per heavy atom. The molecule has 114 valence electrons. The van der Waals surface area contributed by atoms with Gasteiger partial charge in [0.1, 0.15) is 12.5 Å². The Morgan fingerprint density at radius 1 is 1.33 bits per heavy atom. The molecular weight excluding hydrogens is 284 g/mol. The minimum atomic E-state index is -3.45. The van der Waals surface area contributed by atoms with Gasteiger partial charge in [0.15, 0.2) is 0 Å². The molecule has 1 saturated heterocycles. The van der Waals surface area contributed by atoms with Crippen LogP contribution in [0, 0.1) is 5.92 Å². The average Bonchev–Trinajstić information content (AvgIpc) is 2.44. The molecule has 1 aliphatic rings. The van der Waals surface area contributed by atoms with E-state index in [2.05, 4.69) is 0 Å². The van der Waals surface area contributed by atoms with Crippen LogP contribution in [-0.2, 0) is 16.1 Å². The Bertz CT molecular complexity index is 521. The number of nitrogens with zero attached hydrogens (tertiary/aromatic N) is 1. The van der Waals surface area contributed by atoms with Crippen molar-refractivity contribution in [1.29, 1.82) is 0 Å². The summed E-state index contributed by atoms with van der Waals surface area (Å²) < 4.78 is 32.3. The number of carbonyl (C=O) groups excluding carboxylic acids is 1. The maximum absolute atomic E-state index is 13.7. The molecule has 1 unspecified atom stereocenters. The van der Waals surface area contributed by atoms with E-state index >= 15 is 0 Å². The number of amides is 1. The van der Waals surface area contributed by atoms with E-state index in [1.807, 2.05) is 6.07 Å². The van der Waals surface area contributed by atoms with Crippen LogP contribution in [-0.4, -0.2) is 41.1 Å². The second-order valence-electron chi connectivity index (χ2n) is 4.90. The first-order valence-electron chi connectivity index (χ1n) is 6.46. The molecule has 1 aliphatic heterocycles. The SMILES string of the molecule is O=C(O)C1CCN(C(=O)OCc2ccccc2)CC1(F)F. The molecule has 1 heterocycles. The zero-order valence-corrected chi connectivity index (χ0v) is 11.2. The van der Waals surface area contributed by atoms with Crippen molar-refractivity contribution < 1.29 is 28.2 Å². The Labute approximate surface area is 120 Å². The third-order valence-electron chi connectivity index (χ3n) is 3.36. The van der Waals surface area contributed by atoms with E-state index in [0.29, 0.717) is 0 Å². The van der Waals surface area contributed by atoms with Gasteiger partial charge in [-0.3, -0.25) is 4.79 Å². The zero-order chi connectivity index (χ0) is 15.5. The van der Waals surface area contributed by atoms with Gasteiger partial charge in [-0.25, -0.2) is 13.6 Å². The number of halogens is 2. The molecule has 1 aromatic carbocycles. The lowest BCUT2D eigenvalue weighted by Crippen LogP contribution is -2.53. The van der Waals surface area contributed by atoms with Crippen LogP contribution < -0.4 is 0 Å². The highest BCUT2D eigenvalue weighted by molar-refractivity contribution is 5.73. The molecule has 0 saturated carbocycles. The number of hydrogen-bond acceptors (Lipinski definition) is 3. The molecular formula is C14H15F2NO4. The van der Waals surface area contributed by atoms with Crippen LogP contribution in [0.15, 0.2) is 30.3 Å². The monoisotopic (exact) mass is 299 g/mol. The summed E-state index contributed by atoms with van der Waals surface area (Å²) in [6.45, 7) is -0.998. The van der Waals surface area contributed by atoms with Gasteiger partial charge in [0, 0.05) is 6.54 Å². The van der Waals surface area contributed by atoms with Crippen LogP contribution in [0.5, 0.6) is 0 Å². The fourth-order valence-electron chi connectivity index (χ4n) is 2.21. The summed E-state index contributed by atoms with van der Waals surface area (Å²) in [7, 11) is 0. The first-order chi connectivity index (χ1) is 9.90. The molecule has 7 heteroatoms. The van der Waals surface area contributed by atoms with Crippen molar-refractivity contribution in [3.8, 4) is 0 Å². The molecule has 1 amide bonds. The van der Waals surface area contributed by atoms with Crippen molar-refractivity contribution >= 4 is 12.1 Å². The van der Waals surface area contributed by atoms with Gasteiger partial charge in [-0.2, -0.15) is 0 Å². The van der Waals surface area contributed by atoms with Gasteiger partial charge in [-0.05, 0) is 12.0 Å². The normalized spacial score (nSPS) is 20.9. The van der Waals surface area contributed by atoms with Gasteiger partial charge in [0.2, 0.25) is 0 Å². The van der Waals surface area contributed by atoms with E-state index < -0.39 is 30.4 Å². The maximum Gasteiger partial charge on any atom is 0.410 e. The Kier molecular flexibility index (Phi) is 4.40. The number of aliphatic carboxylic acids is 1. The number of carbonyl (C=O) groups is 2. The molecule has 1 fully saturated rings. The van der Waals surface area contributed by atoms with Crippen LogP contribution in [0.25, 0.3) is 0 Å². The van der Waals surface area contributed by atoms with Crippen LogP contribution in [0.2, 0.25) is 0 Å². The van der Waals surface area contributed by atoms with Crippen molar-refractivity contribution in [2.45, 2.75) is 19.0 Å². The Morgan fingerprint density at radius 2 is 2.00 bits per heavy atom. The third-order valence-corrected chi connectivity index (χ3v) is 3.36. The number of benzene rings is 1. The second kappa shape index (κ2) is 6.07. The summed E-state index contributed by atoms with van der Waals surface area (Å²) in [6, 6.07) is 8.85. The largest absolute Gasteiger partial charge is 0.481 e. The lowest BCUT2D eigenvalue weighted by atomic mass is 9.93. The molecule has 1 atom stereocenters. The van der Waals surface area contributed by atoms with Crippen molar-refractivity contribution in [3.05, 3.63) is 35.9 Å². The lowest BCUT2D eigenvalue weighted by molar-refractivity contribution is -0.165. The zero-order valence-electron chi connectivity index (χ0n) is 11.2. The van der Waals surface area contributed by atoms with Crippen molar-refractivity contribution in [2.24, 2.45) is 5.92 Å². The standard InChI is InChI=1S/C14H15F2NO4/c15-14(16)9-17(7-6-11(14)12(18)19)13(20)21-8-10-4-2-1-3-5-10/h1-5,11H,6-9H2,(H,18,19). The number of piperidine rings is 1. The average molecular weight is 299 g/mol. The molecule has 0 spiro atoms. The summed E-state index contributed by atoms with van der Waals surface area (Å²) in [4.78, 5) is 23.4. The van der Waals surface area contributed by atoms with E-state index in [9.17, 15) is 18.4 Å². The Balaban J connectivity index is 1.91. The van der Waals surface area contributed by atoms with Gasteiger partial charge >= 0.3 is 12.1 Å². The van der Waals surface area contributed by atoms with Crippen LogP contribution in [0.4, 0.5) is 13.6 Å².